The monoisotopic (exact) mass is 869 g/mol. The van der Waals surface area contributed by atoms with Crippen LogP contribution in [0.25, 0.3) is 0 Å². The summed E-state index contributed by atoms with van der Waals surface area (Å²) in [5.41, 5.74) is -1.92. The third-order valence-corrected chi connectivity index (χ3v) is 14.4. The first kappa shape index (κ1) is 53.7. The van der Waals surface area contributed by atoms with Crippen molar-refractivity contribution in [2.24, 2.45) is 5.41 Å². The largest absolute Gasteiger partial charge is 0.507 e. The number of unbranched alkanes of at least 4 members (excludes halogenated alkanes) is 5. The topological polar surface area (TPSA) is 106 Å². The smallest absolute Gasteiger partial charge is 0.324 e. The number of benzene rings is 1. The van der Waals surface area contributed by atoms with Gasteiger partial charge < -0.3 is 19.3 Å². The Labute approximate surface area is 379 Å². The van der Waals surface area contributed by atoms with E-state index in [0.717, 1.165) is 69.2 Å². The Hall–Kier alpha value is -2.65. The van der Waals surface area contributed by atoms with Crippen molar-refractivity contribution in [1.82, 2.24) is 9.80 Å². The van der Waals surface area contributed by atoms with Gasteiger partial charge in [-0.2, -0.15) is 0 Å². The third-order valence-electron chi connectivity index (χ3n) is 14.4. The Bertz CT molecular complexity index is 1550. The van der Waals surface area contributed by atoms with Gasteiger partial charge in [0.05, 0.1) is 17.7 Å². The molecule has 2 fully saturated rings. The summed E-state index contributed by atoms with van der Waals surface area (Å²) < 4.78 is 19.3. The molecule has 2 saturated heterocycles. The highest BCUT2D eigenvalue weighted by Gasteiger charge is 2.56. The lowest BCUT2D eigenvalue weighted by Crippen LogP contribution is -2.66. The maximum atomic E-state index is 15.6. The molecule has 2 heterocycles. The molecule has 1 aromatic carbocycles. The van der Waals surface area contributed by atoms with Crippen molar-refractivity contribution < 1.29 is 33.7 Å². The maximum Gasteiger partial charge on any atom is 0.324 e. The molecule has 0 saturated carbocycles. The van der Waals surface area contributed by atoms with E-state index in [2.05, 4.69) is 128 Å². The number of rotatable bonds is 20. The maximum absolute atomic E-state index is 15.6. The predicted octanol–water partition coefficient (Wildman–Crippen LogP) is 12.1. The molecule has 0 aliphatic carbocycles. The molecule has 2 atom stereocenters. The van der Waals surface area contributed by atoms with Gasteiger partial charge in [0.25, 0.3) is 0 Å². The SMILES string of the molecule is CCCCCCCCOC(=O)CCC(Cc1cc(C(C)(C)C)c(O)c(C(C)(C)C)c1)(C(=O)OC1CCC(C)(C)N(CCC)C1(C)C)C(=O)OC1CCC(C)(C)N(CCC)C1(C)C. The van der Waals surface area contributed by atoms with Crippen LogP contribution in [-0.4, -0.2) is 86.9 Å². The number of esters is 3. The molecule has 0 radical (unpaired) electrons. The Kier molecular flexibility index (Phi) is 18.3. The van der Waals surface area contributed by atoms with E-state index in [1.807, 2.05) is 12.1 Å². The summed E-state index contributed by atoms with van der Waals surface area (Å²) in [5.74, 6) is -1.55. The van der Waals surface area contributed by atoms with Gasteiger partial charge in [0.15, 0.2) is 5.41 Å². The summed E-state index contributed by atoms with van der Waals surface area (Å²) in [7, 11) is 0. The summed E-state index contributed by atoms with van der Waals surface area (Å²) >= 11 is 0. The Morgan fingerprint density at radius 3 is 1.48 bits per heavy atom. The number of carbonyl (C=O) groups is 3. The number of hydrogen-bond acceptors (Lipinski definition) is 9. The molecule has 2 aliphatic rings. The highest BCUT2D eigenvalue weighted by molar-refractivity contribution is 6.01. The van der Waals surface area contributed by atoms with Gasteiger partial charge in [-0.25, -0.2) is 0 Å². The zero-order valence-corrected chi connectivity index (χ0v) is 42.8. The summed E-state index contributed by atoms with van der Waals surface area (Å²) in [4.78, 5) is 49.9. The number of phenols is 1. The quantitative estimate of drug-likeness (QED) is 0.0593. The standard InChI is InChI=1S/C53H92N2O7/c1-18-21-22-23-24-25-34-60-43(56)28-31-53(37-38-35-39(47(4,5)6)44(57)40(36-38)48(7,8)9,45(58)61-41-26-29-49(10,11)54(32-19-2)51(41,14)15)46(59)62-42-27-30-50(12,13)55(33-20-3)52(42,16)17/h35-36,41-42,57H,18-34,37H2,1-17H3. The van der Waals surface area contributed by atoms with Gasteiger partial charge in [-0.05, 0) is 154 Å². The number of likely N-dealkylation sites (tertiary alicyclic amines) is 2. The van der Waals surface area contributed by atoms with Gasteiger partial charge in [-0.15, -0.1) is 0 Å². The lowest BCUT2D eigenvalue weighted by molar-refractivity contribution is -0.198. The van der Waals surface area contributed by atoms with Crippen LogP contribution in [0.15, 0.2) is 12.1 Å². The number of piperidine rings is 2. The number of aromatic hydroxyl groups is 1. The number of hydrogen-bond donors (Lipinski definition) is 1. The fraction of sp³-hybridized carbons (Fsp3) is 0.830. The second-order valence-corrected chi connectivity index (χ2v) is 23.4. The molecule has 0 bridgehead atoms. The van der Waals surface area contributed by atoms with Crippen molar-refractivity contribution in [2.75, 3.05) is 19.7 Å². The molecule has 3 rings (SSSR count). The van der Waals surface area contributed by atoms with Gasteiger partial charge in [0.1, 0.15) is 18.0 Å². The van der Waals surface area contributed by atoms with E-state index in [0.29, 0.717) is 25.0 Å². The second-order valence-electron chi connectivity index (χ2n) is 23.4. The van der Waals surface area contributed by atoms with Crippen LogP contribution in [-0.2, 0) is 45.8 Å². The van der Waals surface area contributed by atoms with Gasteiger partial charge >= 0.3 is 17.9 Å². The van der Waals surface area contributed by atoms with Crippen molar-refractivity contribution in [1.29, 1.82) is 0 Å². The van der Waals surface area contributed by atoms with Gasteiger partial charge in [0.2, 0.25) is 0 Å². The molecule has 9 heteroatoms. The highest BCUT2D eigenvalue weighted by atomic mass is 16.6. The van der Waals surface area contributed by atoms with E-state index in [-0.39, 0.29) is 36.1 Å². The van der Waals surface area contributed by atoms with Crippen molar-refractivity contribution in [3.8, 4) is 5.75 Å². The first-order valence-corrected chi connectivity index (χ1v) is 24.5. The molecule has 0 aromatic heterocycles. The molecule has 1 aromatic rings. The van der Waals surface area contributed by atoms with Crippen molar-refractivity contribution in [3.63, 3.8) is 0 Å². The van der Waals surface area contributed by atoms with Crippen LogP contribution in [0.2, 0.25) is 0 Å². The molecule has 0 amide bonds. The third kappa shape index (κ3) is 12.8. The first-order valence-electron chi connectivity index (χ1n) is 24.5. The second kappa shape index (κ2) is 21.1. The highest BCUT2D eigenvalue weighted by Crippen LogP contribution is 2.46. The van der Waals surface area contributed by atoms with Crippen LogP contribution in [0.3, 0.4) is 0 Å². The van der Waals surface area contributed by atoms with Crippen LogP contribution in [0.4, 0.5) is 0 Å². The average Bonchev–Trinajstić information content (AvgIpc) is 3.15. The number of phenolic OH excluding ortho intramolecular Hbond substituents is 1. The van der Waals surface area contributed by atoms with Crippen LogP contribution < -0.4 is 0 Å². The normalized spacial score (nSPS) is 22.4. The van der Waals surface area contributed by atoms with Crippen molar-refractivity contribution >= 4 is 17.9 Å². The van der Waals surface area contributed by atoms with Crippen LogP contribution in [0.1, 0.15) is 224 Å². The molecule has 62 heavy (non-hydrogen) atoms. The molecule has 2 aliphatic heterocycles. The van der Waals surface area contributed by atoms with Gasteiger partial charge in [-0.1, -0.05) is 107 Å². The summed E-state index contributed by atoms with van der Waals surface area (Å²) in [6, 6.07) is 3.87. The molecule has 9 nitrogen and oxygen atoms in total. The molecule has 2 unspecified atom stereocenters. The number of ether oxygens (including phenoxy) is 3. The van der Waals surface area contributed by atoms with E-state index in [1.165, 1.54) is 19.3 Å². The minimum atomic E-state index is -1.89. The lowest BCUT2D eigenvalue weighted by Gasteiger charge is -2.56. The Morgan fingerprint density at radius 1 is 0.661 bits per heavy atom. The van der Waals surface area contributed by atoms with E-state index in [4.69, 9.17) is 14.2 Å². The zero-order valence-electron chi connectivity index (χ0n) is 42.8. The van der Waals surface area contributed by atoms with Crippen molar-refractivity contribution in [2.45, 2.75) is 259 Å². The van der Waals surface area contributed by atoms with Crippen LogP contribution in [0, 0.1) is 5.41 Å². The molecular formula is C53H92N2O7. The van der Waals surface area contributed by atoms with E-state index in [1.54, 1.807) is 0 Å². The lowest BCUT2D eigenvalue weighted by atomic mass is 9.73. The Morgan fingerprint density at radius 2 is 1.08 bits per heavy atom. The minimum absolute atomic E-state index is 0.0591. The average molecular weight is 869 g/mol. The molecule has 0 spiro atoms. The zero-order chi connectivity index (χ0) is 47.1. The first-order chi connectivity index (χ1) is 28.5. The number of nitrogens with zero attached hydrogens (tertiary/aromatic N) is 2. The predicted molar refractivity (Wildman–Crippen MR) is 254 cm³/mol. The number of carbonyl (C=O) groups excluding carboxylic acids is 3. The van der Waals surface area contributed by atoms with Gasteiger partial charge in [-0.3, -0.25) is 24.2 Å². The van der Waals surface area contributed by atoms with Crippen LogP contribution >= 0.6 is 0 Å². The fourth-order valence-corrected chi connectivity index (χ4v) is 10.6. The molecule has 356 valence electrons. The molecular weight excluding hydrogens is 777 g/mol. The summed E-state index contributed by atoms with van der Waals surface area (Å²) in [5, 5.41) is 11.8. The van der Waals surface area contributed by atoms with E-state index in [9.17, 15) is 9.90 Å². The van der Waals surface area contributed by atoms with Crippen LogP contribution in [0.5, 0.6) is 5.75 Å². The fourth-order valence-electron chi connectivity index (χ4n) is 10.6. The van der Waals surface area contributed by atoms with E-state index >= 15 is 9.59 Å². The van der Waals surface area contributed by atoms with Gasteiger partial charge in [0, 0.05) is 17.5 Å². The summed E-state index contributed by atoms with van der Waals surface area (Å²) in [6.07, 6.45) is 9.81. The minimum Gasteiger partial charge on any atom is -0.507 e. The Balaban J connectivity index is 2.25. The summed E-state index contributed by atoms with van der Waals surface area (Å²) in [6.45, 7) is 38.4. The van der Waals surface area contributed by atoms with E-state index < -0.39 is 57.4 Å². The molecule has 1 N–H and O–H groups in total. The van der Waals surface area contributed by atoms with Crippen molar-refractivity contribution in [3.05, 3.63) is 28.8 Å².